The van der Waals surface area contributed by atoms with Crippen LogP contribution in [-0.2, 0) is 9.84 Å². The van der Waals surface area contributed by atoms with Gasteiger partial charge in [0.1, 0.15) is 16.4 Å². The monoisotopic (exact) mass is 426 g/mol. The number of hydrogen-bond donors (Lipinski definition) is 3. The fourth-order valence-corrected chi connectivity index (χ4v) is 4.67. The molecule has 3 N–H and O–H groups in total. The molecule has 0 unspecified atom stereocenters. The summed E-state index contributed by atoms with van der Waals surface area (Å²) in [7, 11) is -2.56. The Morgan fingerprint density at radius 3 is 2.20 bits per heavy atom. The predicted molar refractivity (Wildman–Crippen MR) is 115 cm³/mol. The lowest BCUT2D eigenvalue weighted by Gasteiger charge is -2.17. The first-order valence-electron chi connectivity index (χ1n) is 9.09. The van der Waals surface area contributed by atoms with Crippen molar-refractivity contribution in [2.45, 2.75) is 23.6 Å². The molecule has 0 aliphatic carbocycles. The number of phenols is 1. The van der Waals surface area contributed by atoms with E-state index in [-0.39, 0.29) is 26.8 Å². The van der Waals surface area contributed by atoms with Gasteiger partial charge >= 0.3 is 6.03 Å². The van der Waals surface area contributed by atoms with Crippen LogP contribution >= 0.6 is 0 Å². The van der Waals surface area contributed by atoms with Crippen LogP contribution in [0.4, 0.5) is 16.2 Å². The van der Waals surface area contributed by atoms with E-state index in [2.05, 4.69) is 10.6 Å². The zero-order valence-electron chi connectivity index (χ0n) is 16.8. The van der Waals surface area contributed by atoms with Gasteiger partial charge in [-0.3, -0.25) is 0 Å². The van der Waals surface area contributed by atoms with E-state index in [1.54, 1.807) is 31.2 Å². The van der Waals surface area contributed by atoms with E-state index in [1.165, 1.54) is 44.4 Å². The van der Waals surface area contributed by atoms with Crippen molar-refractivity contribution in [2.75, 3.05) is 17.7 Å². The van der Waals surface area contributed by atoms with Gasteiger partial charge < -0.3 is 20.5 Å². The highest BCUT2D eigenvalue weighted by Gasteiger charge is 2.27. The van der Waals surface area contributed by atoms with Gasteiger partial charge in [-0.1, -0.05) is 18.2 Å². The number of aromatic hydroxyl groups is 1. The summed E-state index contributed by atoms with van der Waals surface area (Å²) in [6.45, 7) is 3.11. The largest absolute Gasteiger partial charge is 0.506 e. The van der Waals surface area contributed by atoms with Crippen molar-refractivity contribution < 1.29 is 23.1 Å². The Balaban J connectivity index is 1.99. The maximum absolute atomic E-state index is 13.2. The molecule has 0 heterocycles. The average molecular weight is 426 g/mol. The number of carbonyl (C=O) groups is 1. The highest BCUT2D eigenvalue weighted by atomic mass is 32.2. The van der Waals surface area contributed by atoms with Crippen molar-refractivity contribution in [1.82, 2.24) is 0 Å². The van der Waals surface area contributed by atoms with Crippen molar-refractivity contribution >= 4 is 27.2 Å². The van der Waals surface area contributed by atoms with E-state index in [0.29, 0.717) is 17.0 Å². The van der Waals surface area contributed by atoms with Crippen molar-refractivity contribution in [3.8, 4) is 11.5 Å². The lowest BCUT2D eigenvalue weighted by Crippen LogP contribution is -2.20. The Bertz CT molecular complexity index is 1170. The minimum absolute atomic E-state index is 0.00647. The second kappa shape index (κ2) is 8.46. The maximum Gasteiger partial charge on any atom is 0.323 e. The molecule has 3 rings (SSSR count). The van der Waals surface area contributed by atoms with Gasteiger partial charge in [-0.15, -0.1) is 0 Å². The zero-order valence-corrected chi connectivity index (χ0v) is 17.6. The summed E-state index contributed by atoms with van der Waals surface area (Å²) in [5, 5.41) is 15.9. The van der Waals surface area contributed by atoms with Crippen LogP contribution in [0.15, 0.2) is 70.5 Å². The predicted octanol–water partition coefficient (Wildman–Crippen LogP) is 4.49. The Labute approximate surface area is 175 Å². The first-order chi connectivity index (χ1) is 14.2. The third kappa shape index (κ3) is 4.23. The summed E-state index contributed by atoms with van der Waals surface area (Å²) in [6, 6.07) is 15.7. The first kappa shape index (κ1) is 21.2. The van der Waals surface area contributed by atoms with Gasteiger partial charge in [0, 0.05) is 11.4 Å². The molecule has 3 aromatic rings. The SMILES string of the molecule is COc1ccc(S(=O)(=O)c2c(C)c(NC(=O)Nc3ccccc3)cc(C)c2O)cc1. The number of aryl methyl sites for hydroxylation is 1. The van der Waals surface area contributed by atoms with Crippen LogP contribution in [0.25, 0.3) is 0 Å². The van der Waals surface area contributed by atoms with Crippen molar-refractivity contribution in [1.29, 1.82) is 0 Å². The molecule has 0 aliphatic heterocycles. The minimum atomic E-state index is -4.04. The molecule has 0 saturated heterocycles. The van der Waals surface area contributed by atoms with Crippen LogP contribution in [-0.4, -0.2) is 26.7 Å². The van der Waals surface area contributed by atoms with Gasteiger partial charge in [-0.2, -0.15) is 0 Å². The van der Waals surface area contributed by atoms with Gasteiger partial charge in [0.2, 0.25) is 9.84 Å². The smallest absolute Gasteiger partial charge is 0.323 e. The minimum Gasteiger partial charge on any atom is -0.506 e. The van der Waals surface area contributed by atoms with E-state index in [0.717, 1.165) is 0 Å². The third-order valence-electron chi connectivity index (χ3n) is 4.61. The van der Waals surface area contributed by atoms with Crippen molar-refractivity contribution in [3.63, 3.8) is 0 Å². The van der Waals surface area contributed by atoms with Gasteiger partial charge in [-0.25, -0.2) is 13.2 Å². The fourth-order valence-electron chi connectivity index (χ4n) is 3.01. The molecular weight excluding hydrogens is 404 g/mol. The highest BCUT2D eigenvalue weighted by Crippen LogP contribution is 2.38. The summed E-state index contributed by atoms with van der Waals surface area (Å²) in [4.78, 5) is 12.1. The number of hydrogen-bond acceptors (Lipinski definition) is 5. The van der Waals surface area contributed by atoms with Crippen molar-refractivity contribution in [3.05, 3.63) is 71.8 Å². The molecule has 30 heavy (non-hydrogen) atoms. The number of urea groups is 1. The number of anilines is 2. The Morgan fingerprint density at radius 2 is 1.60 bits per heavy atom. The fraction of sp³-hybridized carbons (Fsp3) is 0.136. The second-order valence-corrected chi connectivity index (χ2v) is 8.55. The Hall–Kier alpha value is -3.52. The number of para-hydroxylation sites is 1. The molecule has 0 aromatic heterocycles. The molecule has 0 bridgehead atoms. The van der Waals surface area contributed by atoms with Crippen LogP contribution in [0, 0.1) is 13.8 Å². The van der Waals surface area contributed by atoms with Crippen LogP contribution in [0.5, 0.6) is 11.5 Å². The van der Waals surface area contributed by atoms with Gasteiger partial charge in [0.15, 0.2) is 0 Å². The maximum atomic E-state index is 13.2. The summed E-state index contributed by atoms with van der Waals surface area (Å²) in [5.41, 5.74) is 1.43. The molecule has 0 saturated carbocycles. The summed E-state index contributed by atoms with van der Waals surface area (Å²) >= 11 is 0. The number of methoxy groups -OCH3 is 1. The molecule has 7 nitrogen and oxygen atoms in total. The quantitative estimate of drug-likeness (QED) is 0.521. The highest BCUT2D eigenvalue weighted by molar-refractivity contribution is 7.91. The number of rotatable bonds is 5. The molecule has 2 amide bonds. The van der Waals surface area contributed by atoms with Crippen LogP contribution < -0.4 is 15.4 Å². The molecule has 3 aromatic carbocycles. The normalized spacial score (nSPS) is 11.0. The Kier molecular flexibility index (Phi) is 5.98. The van der Waals surface area contributed by atoms with E-state index in [1.807, 2.05) is 6.07 Å². The molecule has 0 radical (unpaired) electrons. The molecule has 0 spiro atoms. The lowest BCUT2D eigenvalue weighted by molar-refractivity contribution is 0.262. The molecular formula is C22H22N2O5S. The van der Waals surface area contributed by atoms with E-state index in [4.69, 9.17) is 4.74 Å². The number of phenolic OH excluding ortho intramolecular Hbond substituents is 1. The van der Waals surface area contributed by atoms with Crippen molar-refractivity contribution in [2.24, 2.45) is 0 Å². The number of nitrogens with one attached hydrogen (secondary N) is 2. The van der Waals surface area contributed by atoms with E-state index >= 15 is 0 Å². The molecule has 156 valence electrons. The zero-order chi connectivity index (χ0) is 21.9. The number of benzene rings is 3. The lowest BCUT2D eigenvalue weighted by atomic mass is 10.1. The number of amides is 2. The molecule has 0 fully saturated rings. The van der Waals surface area contributed by atoms with Crippen LogP contribution in [0.3, 0.4) is 0 Å². The standard InChI is InChI=1S/C22H22N2O5S/c1-14-13-19(24-22(26)23-16-7-5-4-6-8-16)15(2)21(20(14)25)30(27,28)18-11-9-17(29-3)10-12-18/h4-13,25H,1-3H3,(H2,23,24,26). The third-order valence-corrected chi connectivity index (χ3v) is 6.54. The number of ether oxygens (including phenoxy) is 1. The summed E-state index contributed by atoms with van der Waals surface area (Å²) < 4.78 is 31.5. The molecule has 0 aliphatic rings. The number of carbonyl (C=O) groups excluding carboxylic acids is 1. The van der Waals surface area contributed by atoms with Crippen LogP contribution in [0.1, 0.15) is 11.1 Å². The summed E-state index contributed by atoms with van der Waals surface area (Å²) in [6.07, 6.45) is 0. The molecule has 0 atom stereocenters. The summed E-state index contributed by atoms with van der Waals surface area (Å²) in [5.74, 6) is 0.163. The molecule has 8 heteroatoms. The second-order valence-electron chi connectivity index (χ2n) is 6.67. The van der Waals surface area contributed by atoms with E-state index in [9.17, 15) is 18.3 Å². The topological polar surface area (TPSA) is 105 Å². The average Bonchev–Trinajstić information content (AvgIpc) is 2.72. The first-order valence-corrected chi connectivity index (χ1v) is 10.6. The van der Waals surface area contributed by atoms with Gasteiger partial charge in [-0.05, 0) is 67.4 Å². The van der Waals surface area contributed by atoms with Crippen LogP contribution in [0.2, 0.25) is 0 Å². The van der Waals surface area contributed by atoms with Gasteiger partial charge in [0.05, 0.1) is 12.0 Å². The number of sulfone groups is 1. The Morgan fingerprint density at radius 1 is 0.967 bits per heavy atom. The van der Waals surface area contributed by atoms with Gasteiger partial charge in [0.25, 0.3) is 0 Å². The van der Waals surface area contributed by atoms with E-state index < -0.39 is 15.9 Å².